The molecule has 3 heterocycles. The van der Waals surface area contributed by atoms with Crippen LogP contribution in [-0.4, -0.2) is 52.7 Å². The van der Waals surface area contributed by atoms with E-state index in [2.05, 4.69) is 14.9 Å². The Morgan fingerprint density at radius 2 is 1.70 bits per heavy atom. The van der Waals surface area contributed by atoms with E-state index in [1.54, 1.807) is 4.90 Å². The molecule has 8 nitrogen and oxygen atoms in total. The summed E-state index contributed by atoms with van der Waals surface area (Å²) in [7, 11) is 0. The fourth-order valence-corrected chi connectivity index (χ4v) is 4.31. The smallest absolute Gasteiger partial charge is 0.410 e. The van der Waals surface area contributed by atoms with Crippen molar-refractivity contribution in [3.8, 4) is 22.6 Å². The third-order valence-corrected chi connectivity index (χ3v) is 6.11. The number of benzene rings is 2. The number of aromatic amines is 1. The second-order valence-corrected chi connectivity index (χ2v) is 10.0. The van der Waals surface area contributed by atoms with E-state index in [4.69, 9.17) is 9.47 Å². The highest BCUT2D eigenvalue weighted by Gasteiger charge is 2.26. The van der Waals surface area contributed by atoms with Crippen molar-refractivity contribution in [2.75, 3.05) is 31.1 Å². The summed E-state index contributed by atoms with van der Waals surface area (Å²) in [6.45, 7) is 8.19. The highest BCUT2D eigenvalue weighted by atomic mass is 16.6. The maximum Gasteiger partial charge on any atom is 0.410 e. The molecule has 0 saturated carbocycles. The lowest BCUT2D eigenvalue weighted by molar-refractivity contribution is 0.0240. The minimum Gasteiger partial charge on any atom is -0.456 e. The van der Waals surface area contributed by atoms with Crippen LogP contribution >= 0.6 is 0 Å². The predicted octanol–water partition coefficient (Wildman–Crippen LogP) is 5.44. The van der Waals surface area contributed by atoms with Gasteiger partial charge in [0.2, 0.25) is 0 Å². The van der Waals surface area contributed by atoms with E-state index in [0.717, 1.165) is 27.8 Å². The summed E-state index contributed by atoms with van der Waals surface area (Å²) in [6.07, 6.45) is 1.57. The number of ether oxygens (including phenoxy) is 2. The number of H-pyrrole nitrogens is 1. The molecule has 4 aromatic rings. The Bertz CT molecular complexity index is 1470. The molecule has 1 aliphatic heterocycles. The van der Waals surface area contributed by atoms with E-state index in [1.165, 1.54) is 6.07 Å². The summed E-state index contributed by atoms with van der Waals surface area (Å²) in [5.41, 5.74) is 1.93. The Labute approximate surface area is 215 Å². The predicted molar refractivity (Wildman–Crippen MR) is 144 cm³/mol. The van der Waals surface area contributed by atoms with Crippen LogP contribution in [0.3, 0.4) is 0 Å². The van der Waals surface area contributed by atoms with Crippen LogP contribution in [0.15, 0.2) is 77.7 Å². The Morgan fingerprint density at radius 1 is 0.919 bits per heavy atom. The van der Waals surface area contributed by atoms with Gasteiger partial charge in [-0.3, -0.25) is 4.79 Å². The minimum atomic E-state index is -0.500. The van der Waals surface area contributed by atoms with E-state index in [0.29, 0.717) is 37.7 Å². The molecule has 1 saturated heterocycles. The molecule has 5 rings (SSSR count). The summed E-state index contributed by atoms with van der Waals surface area (Å²) >= 11 is 0. The molecule has 2 aromatic carbocycles. The number of rotatable bonds is 4. The average Bonchev–Trinajstić information content (AvgIpc) is 2.88. The van der Waals surface area contributed by atoms with Crippen molar-refractivity contribution in [1.82, 2.24) is 14.9 Å². The number of pyridine rings is 2. The molecule has 1 fully saturated rings. The third-order valence-electron chi connectivity index (χ3n) is 6.11. The first kappa shape index (κ1) is 24.4. The summed E-state index contributed by atoms with van der Waals surface area (Å²) < 4.78 is 11.6. The summed E-state index contributed by atoms with van der Waals surface area (Å²) in [5.74, 6) is 2.01. The van der Waals surface area contributed by atoms with Crippen LogP contribution in [-0.2, 0) is 4.74 Å². The first-order valence-electron chi connectivity index (χ1n) is 12.3. The Hall–Kier alpha value is -4.33. The lowest BCUT2D eigenvalue weighted by atomic mass is 10.1. The van der Waals surface area contributed by atoms with Crippen molar-refractivity contribution >= 4 is 22.8 Å². The van der Waals surface area contributed by atoms with Gasteiger partial charge in [0.1, 0.15) is 22.9 Å². The lowest BCUT2D eigenvalue weighted by Crippen LogP contribution is -2.50. The molecule has 2 aromatic heterocycles. The lowest BCUT2D eigenvalue weighted by Gasteiger charge is -2.36. The van der Waals surface area contributed by atoms with Crippen LogP contribution in [0, 0.1) is 0 Å². The number of carbonyl (C=O) groups is 1. The van der Waals surface area contributed by atoms with Crippen LogP contribution < -0.4 is 15.2 Å². The second-order valence-electron chi connectivity index (χ2n) is 10.0. The highest BCUT2D eigenvalue weighted by molar-refractivity contribution is 5.85. The first-order chi connectivity index (χ1) is 17.7. The Morgan fingerprint density at radius 3 is 2.43 bits per heavy atom. The van der Waals surface area contributed by atoms with E-state index >= 15 is 0 Å². The average molecular weight is 499 g/mol. The zero-order valence-electron chi connectivity index (χ0n) is 21.2. The van der Waals surface area contributed by atoms with Crippen molar-refractivity contribution in [3.05, 3.63) is 83.3 Å². The largest absolute Gasteiger partial charge is 0.456 e. The molecule has 8 heteroatoms. The van der Waals surface area contributed by atoms with Gasteiger partial charge in [-0.1, -0.05) is 24.3 Å². The number of carbonyl (C=O) groups excluding carboxylic acids is 1. The molecule has 0 unspecified atom stereocenters. The summed E-state index contributed by atoms with van der Waals surface area (Å²) in [5, 5.41) is 0.838. The first-order valence-corrected chi connectivity index (χ1v) is 12.3. The third kappa shape index (κ3) is 5.74. The van der Waals surface area contributed by atoms with Crippen molar-refractivity contribution < 1.29 is 14.3 Å². The van der Waals surface area contributed by atoms with Gasteiger partial charge < -0.3 is 24.3 Å². The monoisotopic (exact) mass is 498 g/mol. The quantitative estimate of drug-likeness (QED) is 0.403. The SMILES string of the molecule is CC(C)(C)OC(=O)N1CCN(c2ccc(-c3cccc(Oc4cc(=O)[nH]c5ccccc45)c3)cn2)CC1. The van der Waals surface area contributed by atoms with Crippen LogP contribution in [0.2, 0.25) is 0 Å². The molecule has 0 radical (unpaired) electrons. The van der Waals surface area contributed by atoms with Crippen molar-refractivity contribution in [1.29, 1.82) is 0 Å². The van der Waals surface area contributed by atoms with Crippen molar-refractivity contribution in [2.24, 2.45) is 0 Å². The topological polar surface area (TPSA) is 87.8 Å². The number of hydrogen-bond donors (Lipinski definition) is 1. The summed E-state index contributed by atoms with van der Waals surface area (Å²) in [4.78, 5) is 35.8. The molecule has 1 amide bonds. The Kier molecular flexibility index (Phi) is 6.56. The highest BCUT2D eigenvalue weighted by Crippen LogP contribution is 2.31. The van der Waals surface area contributed by atoms with Gasteiger partial charge in [-0.25, -0.2) is 9.78 Å². The van der Waals surface area contributed by atoms with E-state index in [9.17, 15) is 9.59 Å². The van der Waals surface area contributed by atoms with E-state index < -0.39 is 5.60 Å². The molecule has 37 heavy (non-hydrogen) atoms. The molecule has 1 aliphatic rings. The van der Waals surface area contributed by atoms with Gasteiger partial charge in [-0.15, -0.1) is 0 Å². The van der Waals surface area contributed by atoms with E-state index in [-0.39, 0.29) is 11.7 Å². The minimum absolute atomic E-state index is 0.212. The molecule has 1 N–H and O–H groups in total. The number of nitrogens with one attached hydrogen (secondary N) is 1. The maximum atomic E-state index is 12.3. The number of piperazine rings is 1. The zero-order chi connectivity index (χ0) is 26.0. The molecule has 0 aliphatic carbocycles. The maximum absolute atomic E-state index is 12.3. The van der Waals surface area contributed by atoms with Gasteiger partial charge in [-0.05, 0) is 62.7 Å². The summed E-state index contributed by atoms with van der Waals surface area (Å²) in [6, 6.07) is 20.8. The standard InChI is InChI=1S/C29H30N4O4/c1-29(2,3)37-28(35)33-15-13-32(14-16-33)26-12-11-21(19-30-26)20-7-6-8-22(17-20)36-25-18-27(34)31-24-10-5-4-9-23(24)25/h4-12,17-19H,13-16H2,1-3H3,(H,31,34). The Balaban J connectivity index is 1.27. The molecule has 0 bridgehead atoms. The number of anilines is 1. The second kappa shape index (κ2) is 9.97. The van der Waals surface area contributed by atoms with Crippen LogP contribution in [0.25, 0.3) is 22.0 Å². The van der Waals surface area contributed by atoms with Crippen molar-refractivity contribution in [3.63, 3.8) is 0 Å². The van der Waals surface area contributed by atoms with Gasteiger partial charge in [0.25, 0.3) is 5.56 Å². The molecule has 190 valence electrons. The number of fused-ring (bicyclic) bond motifs is 1. The fourth-order valence-electron chi connectivity index (χ4n) is 4.31. The number of hydrogen-bond acceptors (Lipinski definition) is 6. The van der Waals surface area contributed by atoms with Gasteiger partial charge in [-0.2, -0.15) is 0 Å². The number of para-hydroxylation sites is 1. The van der Waals surface area contributed by atoms with Gasteiger partial charge >= 0.3 is 6.09 Å². The number of amides is 1. The van der Waals surface area contributed by atoms with Crippen LogP contribution in [0.1, 0.15) is 20.8 Å². The van der Waals surface area contributed by atoms with Crippen LogP contribution in [0.5, 0.6) is 11.5 Å². The number of nitrogens with zero attached hydrogens (tertiary/aromatic N) is 3. The van der Waals surface area contributed by atoms with Gasteiger partial charge in [0.05, 0.1) is 5.52 Å². The zero-order valence-corrected chi connectivity index (χ0v) is 21.2. The molecule has 0 atom stereocenters. The molecular formula is C29H30N4O4. The van der Waals surface area contributed by atoms with E-state index in [1.807, 2.05) is 87.6 Å². The van der Waals surface area contributed by atoms with Gasteiger partial charge in [0, 0.05) is 49.4 Å². The molecule has 0 spiro atoms. The fraction of sp³-hybridized carbons (Fsp3) is 0.276. The van der Waals surface area contributed by atoms with Gasteiger partial charge in [0.15, 0.2) is 0 Å². The van der Waals surface area contributed by atoms with Crippen LogP contribution in [0.4, 0.5) is 10.6 Å². The number of aromatic nitrogens is 2. The molecular weight excluding hydrogens is 468 g/mol. The normalized spacial score (nSPS) is 14.0. The van der Waals surface area contributed by atoms with Crippen molar-refractivity contribution in [2.45, 2.75) is 26.4 Å².